The van der Waals surface area contributed by atoms with Crippen LogP contribution in [0.25, 0.3) is 11.5 Å². The highest BCUT2D eigenvalue weighted by molar-refractivity contribution is 8.00. The second-order valence-corrected chi connectivity index (χ2v) is 8.22. The fourth-order valence-electron chi connectivity index (χ4n) is 2.69. The van der Waals surface area contributed by atoms with Crippen LogP contribution in [0.2, 0.25) is 0 Å². The lowest BCUT2D eigenvalue weighted by Gasteiger charge is -2.11. The third-order valence-electron chi connectivity index (χ3n) is 4.09. The van der Waals surface area contributed by atoms with Crippen LogP contribution in [-0.4, -0.2) is 40.5 Å². The van der Waals surface area contributed by atoms with Gasteiger partial charge in [-0.15, -0.1) is 20.4 Å². The first kappa shape index (κ1) is 20.8. The zero-order chi connectivity index (χ0) is 21.6. The number of hydrogen-bond acceptors (Lipinski definition) is 10. The number of hydrogen-bond donors (Lipinski definition) is 1. The van der Waals surface area contributed by atoms with Crippen molar-refractivity contribution in [1.82, 2.24) is 20.4 Å². The quantitative estimate of drug-likeness (QED) is 0.309. The van der Waals surface area contributed by atoms with Crippen molar-refractivity contribution in [2.24, 2.45) is 0 Å². The highest BCUT2D eigenvalue weighted by Gasteiger charge is 2.20. The number of thioether (sulfide) groups is 1. The van der Waals surface area contributed by atoms with Crippen LogP contribution in [0.3, 0.4) is 0 Å². The van der Waals surface area contributed by atoms with E-state index < -0.39 is 5.91 Å². The van der Waals surface area contributed by atoms with E-state index in [0.29, 0.717) is 38.5 Å². The van der Waals surface area contributed by atoms with Crippen LogP contribution in [0.4, 0.5) is 5.13 Å². The van der Waals surface area contributed by atoms with Crippen molar-refractivity contribution in [2.75, 3.05) is 19.5 Å². The lowest BCUT2D eigenvalue weighted by atomic mass is 10.1. The largest absolute Gasteiger partial charge is 0.496 e. The Balaban J connectivity index is 1.39. The van der Waals surface area contributed by atoms with Crippen LogP contribution in [0.1, 0.15) is 16.2 Å². The molecule has 0 fully saturated rings. The van der Waals surface area contributed by atoms with Crippen molar-refractivity contribution in [3.8, 4) is 23.0 Å². The topological polar surface area (TPSA) is 112 Å². The van der Waals surface area contributed by atoms with Gasteiger partial charge in [-0.1, -0.05) is 47.4 Å². The molecule has 0 radical (unpaired) electrons. The summed E-state index contributed by atoms with van der Waals surface area (Å²) in [6.45, 7) is 0. The van der Waals surface area contributed by atoms with Gasteiger partial charge in [0, 0.05) is 5.56 Å². The van der Waals surface area contributed by atoms with Gasteiger partial charge in [-0.25, -0.2) is 0 Å². The summed E-state index contributed by atoms with van der Waals surface area (Å²) < 4.78 is 16.9. The van der Waals surface area contributed by atoms with Crippen molar-refractivity contribution >= 4 is 34.1 Å². The molecule has 0 saturated carbocycles. The van der Waals surface area contributed by atoms with Gasteiger partial charge in [0.25, 0.3) is 5.91 Å². The maximum Gasteiger partial charge on any atom is 0.265 e. The summed E-state index contributed by atoms with van der Waals surface area (Å²) in [5.41, 5.74) is 1.15. The Morgan fingerprint density at radius 3 is 2.45 bits per heavy atom. The van der Waals surface area contributed by atoms with E-state index in [1.165, 1.54) is 37.3 Å². The zero-order valence-corrected chi connectivity index (χ0v) is 18.2. The normalized spacial score (nSPS) is 10.6. The monoisotopic (exact) mass is 455 g/mol. The van der Waals surface area contributed by atoms with Crippen LogP contribution in [-0.2, 0) is 5.75 Å². The van der Waals surface area contributed by atoms with Gasteiger partial charge < -0.3 is 13.9 Å². The summed E-state index contributed by atoms with van der Waals surface area (Å²) in [6, 6.07) is 14.7. The predicted octanol–water partition coefficient (Wildman–Crippen LogP) is 4.15. The molecule has 0 aliphatic carbocycles. The number of rotatable bonds is 8. The second-order valence-electron chi connectivity index (χ2n) is 6.02. The van der Waals surface area contributed by atoms with Gasteiger partial charge in [0.1, 0.15) is 17.1 Å². The molecule has 0 aliphatic heterocycles. The molecular formula is C20H17N5O4S2. The molecule has 158 valence electrons. The molecule has 0 bridgehead atoms. The molecule has 0 atom stereocenters. The summed E-state index contributed by atoms with van der Waals surface area (Å²) in [4.78, 5) is 12.7. The third kappa shape index (κ3) is 4.84. The lowest BCUT2D eigenvalue weighted by Crippen LogP contribution is -2.14. The van der Waals surface area contributed by atoms with E-state index >= 15 is 0 Å². The van der Waals surface area contributed by atoms with Crippen molar-refractivity contribution in [2.45, 2.75) is 10.1 Å². The summed E-state index contributed by atoms with van der Waals surface area (Å²) in [6.07, 6.45) is 0. The molecule has 9 nitrogen and oxygen atoms in total. The Bertz CT molecular complexity index is 1160. The zero-order valence-electron chi connectivity index (χ0n) is 16.6. The van der Waals surface area contributed by atoms with Gasteiger partial charge in [-0.2, -0.15) is 0 Å². The molecule has 4 aromatic rings. The molecule has 31 heavy (non-hydrogen) atoms. The molecule has 0 saturated heterocycles. The Hall–Kier alpha value is -3.44. The minimum absolute atomic E-state index is 0.288. The lowest BCUT2D eigenvalue weighted by molar-refractivity contribution is 0.102. The van der Waals surface area contributed by atoms with Gasteiger partial charge in [-0.3, -0.25) is 10.1 Å². The van der Waals surface area contributed by atoms with Gasteiger partial charge in [0.2, 0.25) is 16.9 Å². The average molecular weight is 456 g/mol. The number of nitrogens with one attached hydrogen (secondary N) is 1. The number of anilines is 1. The SMILES string of the molecule is COc1cccc(OC)c1C(=O)Nc1nnc(SCc2nnc(-c3ccccc3)o2)s1. The fourth-order valence-corrected chi connectivity index (χ4v) is 4.27. The Kier molecular flexibility index (Phi) is 6.43. The molecule has 0 spiro atoms. The number of carbonyl (C=O) groups excluding carboxylic acids is 1. The molecule has 1 N–H and O–H groups in total. The van der Waals surface area contributed by atoms with E-state index in [4.69, 9.17) is 13.9 Å². The van der Waals surface area contributed by atoms with Gasteiger partial charge in [-0.05, 0) is 24.3 Å². The maximum atomic E-state index is 12.7. The summed E-state index contributed by atoms with van der Waals surface area (Å²) in [5, 5.41) is 19.3. The van der Waals surface area contributed by atoms with Crippen LogP contribution in [0.5, 0.6) is 11.5 Å². The van der Waals surface area contributed by atoms with Crippen molar-refractivity contribution in [1.29, 1.82) is 0 Å². The summed E-state index contributed by atoms with van der Waals surface area (Å²) in [5.74, 6) is 1.79. The Labute approximate surface area is 185 Å². The molecule has 2 aromatic heterocycles. The second kappa shape index (κ2) is 9.58. The van der Waals surface area contributed by atoms with E-state index in [0.717, 1.165) is 5.56 Å². The van der Waals surface area contributed by atoms with E-state index in [9.17, 15) is 4.79 Å². The number of aromatic nitrogens is 4. The minimum atomic E-state index is -0.397. The smallest absolute Gasteiger partial charge is 0.265 e. The third-order valence-corrected chi connectivity index (χ3v) is 6.05. The van der Waals surface area contributed by atoms with Crippen LogP contribution < -0.4 is 14.8 Å². The van der Waals surface area contributed by atoms with Gasteiger partial charge >= 0.3 is 0 Å². The number of amides is 1. The molecule has 2 heterocycles. The number of methoxy groups -OCH3 is 2. The van der Waals surface area contributed by atoms with Crippen molar-refractivity contribution in [3.05, 3.63) is 60.0 Å². The Morgan fingerprint density at radius 1 is 1.00 bits per heavy atom. The van der Waals surface area contributed by atoms with Crippen molar-refractivity contribution < 1.29 is 18.7 Å². The number of carbonyl (C=O) groups is 1. The number of benzene rings is 2. The summed E-state index contributed by atoms with van der Waals surface area (Å²) in [7, 11) is 2.98. The number of ether oxygens (including phenoxy) is 2. The molecule has 11 heteroatoms. The highest BCUT2D eigenvalue weighted by Crippen LogP contribution is 2.32. The molecule has 4 rings (SSSR count). The van der Waals surface area contributed by atoms with E-state index in [2.05, 4.69) is 25.7 Å². The first-order valence-corrected chi connectivity index (χ1v) is 10.8. The highest BCUT2D eigenvalue weighted by atomic mass is 32.2. The number of nitrogens with zero attached hydrogens (tertiary/aromatic N) is 4. The van der Waals surface area contributed by atoms with Crippen LogP contribution in [0, 0.1) is 0 Å². The Morgan fingerprint density at radius 2 is 1.74 bits per heavy atom. The molecule has 0 unspecified atom stereocenters. The van der Waals surface area contributed by atoms with E-state index in [1.807, 2.05) is 30.3 Å². The molecular weight excluding hydrogens is 438 g/mol. The standard InChI is InChI=1S/C20H17N5O4S2/c1-27-13-9-6-10-14(28-2)16(13)17(26)21-19-24-25-20(31-19)30-11-15-22-23-18(29-15)12-7-4-3-5-8-12/h3-10H,11H2,1-2H3,(H,21,24,26). The fraction of sp³-hybridized carbons (Fsp3) is 0.150. The first-order chi connectivity index (χ1) is 15.2. The maximum absolute atomic E-state index is 12.7. The van der Waals surface area contributed by atoms with E-state index in [-0.39, 0.29) is 5.56 Å². The molecule has 1 amide bonds. The van der Waals surface area contributed by atoms with Gasteiger partial charge in [0.15, 0.2) is 4.34 Å². The molecule has 0 aliphatic rings. The first-order valence-electron chi connectivity index (χ1n) is 9.04. The minimum Gasteiger partial charge on any atom is -0.496 e. The predicted molar refractivity (Wildman–Crippen MR) is 117 cm³/mol. The average Bonchev–Trinajstić information content (AvgIpc) is 3.47. The van der Waals surface area contributed by atoms with Crippen LogP contribution in [0.15, 0.2) is 57.3 Å². The van der Waals surface area contributed by atoms with Gasteiger partial charge in [0.05, 0.1) is 20.0 Å². The van der Waals surface area contributed by atoms with Crippen molar-refractivity contribution in [3.63, 3.8) is 0 Å². The van der Waals surface area contributed by atoms with Crippen LogP contribution >= 0.6 is 23.1 Å². The molecule has 2 aromatic carbocycles. The van der Waals surface area contributed by atoms with E-state index in [1.54, 1.807) is 18.2 Å². The summed E-state index contributed by atoms with van der Waals surface area (Å²) >= 11 is 2.63.